The summed E-state index contributed by atoms with van der Waals surface area (Å²) in [4.78, 5) is 0. The number of nitrogens with one attached hydrogen (secondary N) is 1. The smallest absolute Gasteiger partial charge is 0.00863 e. The van der Waals surface area contributed by atoms with E-state index in [4.69, 9.17) is 5.41 Å². The molecule has 40 valence electrons. The first kappa shape index (κ1) is 6.41. The summed E-state index contributed by atoms with van der Waals surface area (Å²) in [6.07, 6.45) is 5.35. The van der Waals surface area contributed by atoms with Crippen molar-refractivity contribution in [1.29, 1.82) is 5.41 Å². The molecular formula is C6H11N. The predicted octanol–water partition coefficient (Wildman–Crippen LogP) is 1.85. The van der Waals surface area contributed by atoms with Crippen LogP contribution in [0.5, 0.6) is 0 Å². The van der Waals surface area contributed by atoms with Crippen molar-refractivity contribution < 1.29 is 0 Å². The number of hydrogen-bond donors (Lipinski definition) is 1. The van der Waals surface area contributed by atoms with Gasteiger partial charge in [0, 0.05) is 12.1 Å². The van der Waals surface area contributed by atoms with Gasteiger partial charge in [-0.25, -0.2) is 0 Å². The van der Waals surface area contributed by atoms with Crippen molar-refractivity contribution >= 4 is 6.21 Å². The molecule has 0 saturated carbocycles. The predicted molar refractivity (Wildman–Crippen MR) is 32.8 cm³/mol. The Kier molecular flexibility index (Phi) is 3.29. The molecule has 0 rings (SSSR count). The summed E-state index contributed by atoms with van der Waals surface area (Å²) >= 11 is 0. The van der Waals surface area contributed by atoms with E-state index in [0.717, 1.165) is 0 Å². The maximum absolute atomic E-state index is 6.74. The first-order valence-electron chi connectivity index (χ1n) is 2.44. The Morgan fingerprint density at radius 1 is 1.57 bits per heavy atom. The lowest BCUT2D eigenvalue weighted by Crippen LogP contribution is -1.85. The Morgan fingerprint density at radius 2 is 2.14 bits per heavy atom. The fourth-order valence-corrected chi connectivity index (χ4v) is 0.359. The van der Waals surface area contributed by atoms with Gasteiger partial charge in [0.1, 0.15) is 0 Å². The molecule has 0 aliphatic heterocycles. The van der Waals surface area contributed by atoms with E-state index in [0.29, 0.717) is 5.92 Å². The van der Waals surface area contributed by atoms with Gasteiger partial charge in [0.05, 0.1) is 0 Å². The molecule has 0 aliphatic rings. The van der Waals surface area contributed by atoms with Crippen LogP contribution in [0.1, 0.15) is 13.8 Å². The van der Waals surface area contributed by atoms with E-state index >= 15 is 0 Å². The third-order valence-electron chi connectivity index (χ3n) is 0.759. The topological polar surface area (TPSA) is 23.9 Å². The molecule has 0 amide bonds. The number of hydrogen-bond acceptors (Lipinski definition) is 1. The Labute approximate surface area is 44.6 Å². The van der Waals surface area contributed by atoms with Gasteiger partial charge in [-0.15, -0.1) is 0 Å². The van der Waals surface area contributed by atoms with Crippen LogP contribution in [0.15, 0.2) is 12.2 Å². The zero-order valence-electron chi connectivity index (χ0n) is 4.81. The van der Waals surface area contributed by atoms with Crippen LogP contribution < -0.4 is 0 Å². The van der Waals surface area contributed by atoms with Gasteiger partial charge in [0.15, 0.2) is 0 Å². The Hall–Kier alpha value is -0.590. The van der Waals surface area contributed by atoms with Crippen LogP contribution in [0.2, 0.25) is 0 Å². The molecular weight excluding hydrogens is 86.1 g/mol. The lowest BCUT2D eigenvalue weighted by molar-refractivity contribution is 1.01. The summed E-state index contributed by atoms with van der Waals surface area (Å²) < 4.78 is 0. The van der Waals surface area contributed by atoms with Gasteiger partial charge in [-0.2, -0.15) is 0 Å². The quantitative estimate of drug-likeness (QED) is 0.401. The van der Waals surface area contributed by atoms with Gasteiger partial charge < -0.3 is 5.41 Å². The Balaban J connectivity index is 3.35. The SMILES string of the molecule is C/C=C/C(C)C=N. The third kappa shape index (κ3) is 3.23. The van der Waals surface area contributed by atoms with Crippen LogP contribution in [-0.4, -0.2) is 6.21 Å². The van der Waals surface area contributed by atoms with Crippen molar-refractivity contribution in [3.8, 4) is 0 Å². The lowest BCUT2D eigenvalue weighted by Gasteiger charge is -1.88. The summed E-state index contributed by atoms with van der Waals surface area (Å²) in [5.41, 5.74) is 0. The highest BCUT2D eigenvalue weighted by Gasteiger charge is 1.82. The van der Waals surface area contributed by atoms with Crippen molar-refractivity contribution in [3.05, 3.63) is 12.2 Å². The fourth-order valence-electron chi connectivity index (χ4n) is 0.359. The monoisotopic (exact) mass is 97.1 g/mol. The van der Waals surface area contributed by atoms with Gasteiger partial charge in [0.2, 0.25) is 0 Å². The zero-order chi connectivity index (χ0) is 5.70. The standard InChI is InChI=1S/C6H11N/c1-3-4-6(2)5-7/h3-7H,1-2H3/b4-3+,7-5?. The largest absolute Gasteiger partial charge is 0.313 e. The van der Waals surface area contributed by atoms with Crippen LogP contribution in [0, 0.1) is 11.3 Å². The molecule has 0 spiro atoms. The molecule has 1 atom stereocenters. The minimum atomic E-state index is 0.310. The summed E-state index contributed by atoms with van der Waals surface area (Å²) in [5, 5.41) is 6.74. The first-order chi connectivity index (χ1) is 3.31. The molecule has 0 aromatic heterocycles. The van der Waals surface area contributed by atoms with Gasteiger partial charge in [0.25, 0.3) is 0 Å². The third-order valence-corrected chi connectivity index (χ3v) is 0.759. The minimum absolute atomic E-state index is 0.310. The van der Waals surface area contributed by atoms with Crippen LogP contribution in [0.4, 0.5) is 0 Å². The normalized spacial score (nSPS) is 14.6. The average Bonchev–Trinajstić information content (AvgIpc) is 1.68. The lowest BCUT2D eigenvalue weighted by atomic mass is 10.2. The minimum Gasteiger partial charge on any atom is -0.313 e. The highest BCUT2D eigenvalue weighted by atomic mass is 14.3. The maximum atomic E-state index is 6.74. The van der Waals surface area contributed by atoms with E-state index in [1.165, 1.54) is 6.21 Å². The molecule has 0 heterocycles. The van der Waals surface area contributed by atoms with E-state index in [-0.39, 0.29) is 0 Å². The maximum Gasteiger partial charge on any atom is 0.00863 e. The van der Waals surface area contributed by atoms with Gasteiger partial charge in [-0.3, -0.25) is 0 Å². The van der Waals surface area contributed by atoms with E-state index < -0.39 is 0 Å². The van der Waals surface area contributed by atoms with E-state index in [9.17, 15) is 0 Å². The highest BCUT2D eigenvalue weighted by Crippen LogP contribution is 1.88. The Morgan fingerprint density at radius 3 is 2.29 bits per heavy atom. The van der Waals surface area contributed by atoms with Crippen LogP contribution in [-0.2, 0) is 0 Å². The molecule has 1 unspecified atom stereocenters. The van der Waals surface area contributed by atoms with Crippen LogP contribution in [0.3, 0.4) is 0 Å². The van der Waals surface area contributed by atoms with Crippen molar-refractivity contribution in [2.24, 2.45) is 5.92 Å². The van der Waals surface area contributed by atoms with Crippen LogP contribution >= 0.6 is 0 Å². The summed E-state index contributed by atoms with van der Waals surface area (Å²) in [6.45, 7) is 3.94. The van der Waals surface area contributed by atoms with Crippen molar-refractivity contribution in [2.75, 3.05) is 0 Å². The van der Waals surface area contributed by atoms with E-state index in [1.54, 1.807) is 0 Å². The zero-order valence-corrected chi connectivity index (χ0v) is 4.81. The second kappa shape index (κ2) is 3.59. The molecule has 0 radical (unpaired) electrons. The number of rotatable bonds is 2. The molecule has 0 aliphatic carbocycles. The van der Waals surface area contributed by atoms with E-state index in [1.807, 2.05) is 26.0 Å². The van der Waals surface area contributed by atoms with Crippen molar-refractivity contribution in [1.82, 2.24) is 0 Å². The molecule has 1 nitrogen and oxygen atoms in total. The Bertz CT molecular complexity index is 74.2. The number of allylic oxidation sites excluding steroid dienone is 2. The summed E-state index contributed by atoms with van der Waals surface area (Å²) in [6, 6.07) is 0. The molecule has 1 heteroatoms. The molecule has 1 N–H and O–H groups in total. The molecule has 0 saturated heterocycles. The van der Waals surface area contributed by atoms with Gasteiger partial charge in [-0.1, -0.05) is 19.1 Å². The van der Waals surface area contributed by atoms with Crippen molar-refractivity contribution in [2.45, 2.75) is 13.8 Å². The molecule has 0 aromatic carbocycles. The first-order valence-corrected chi connectivity index (χ1v) is 2.44. The molecule has 0 bridgehead atoms. The second-order valence-corrected chi connectivity index (χ2v) is 1.55. The van der Waals surface area contributed by atoms with Gasteiger partial charge in [-0.05, 0) is 6.92 Å². The molecule has 0 fully saturated rings. The fraction of sp³-hybridized carbons (Fsp3) is 0.500. The van der Waals surface area contributed by atoms with Crippen LogP contribution in [0.25, 0.3) is 0 Å². The van der Waals surface area contributed by atoms with Gasteiger partial charge >= 0.3 is 0 Å². The highest BCUT2D eigenvalue weighted by molar-refractivity contribution is 5.58. The second-order valence-electron chi connectivity index (χ2n) is 1.55. The summed E-state index contributed by atoms with van der Waals surface area (Å²) in [7, 11) is 0. The average molecular weight is 97.2 g/mol. The molecule has 0 aromatic rings. The van der Waals surface area contributed by atoms with E-state index in [2.05, 4.69) is 0 Å². The summed E-state index contributed by atoms with van der Waals surface area (Å²) in [5.74, 6) is 0.310. The van der Waals surface area contributed by atoms with Crippen molar-refractivity contribution in [3.63, 3.8) is 0 Å². The molecule has 7 heavy (non-hydrogen) atoms.